The van der Waals surface area contributed by atoms with Gasteiger partial charge in [-0.25, -0.2) is 15.0 Å². The highest BCUT2D eigenvalue weighted by Gasteiger charge is 2.14. The van der Waals surface area contributed by atoms with E-state index >= 15 is 0 Å². The van der Waals surface area contributed by atoms with Gasteiger partial charge >= 0.3 is 0 Å². The predicted octanol–water partition coefficient (Wildman–Crippen LogP) is 4.48. The van der Waals surface area contributed by atoms with Crippen LogP contribution in [0, 0.1) is 13.8 Å². The molecule has 3 aromatic rings. The average Bonchev–Trinajstić information content (AvgIpc) is 2.75. The number of anilines is 2. The van der Waals surface area contributed by atoms with Gasteiger partial charge in [0.15, 0.2) is 0 Å². The first kappa shape index (κ1) is 22.7. The second-order valence-electron chi connectivity index (χ2n) is 6.97. The number of thioether (sulfide) groups is 1. The molecule has 7 nitrogen and oxygen atoms in total. The molecule has 8 heteroatoms. The van der Waals surface area contributed by atoms with E-state index in [-0.39, 0.29) is 5.91 Å². The molecule has 2 heterocycles. The van der Waals surface area contributed by atoms with Crippen LogP contribution in [0.4, 0.5) is 11.6 Å². The summed E-state index contributed by atoms with van der Waals surface area (Å²) in [7, 11) is 0. The van der Waals surface area contributed by atoms with E-state index in [0.29, 0.717) is 42.0 Å². The third kappa shape index (κ3) is 7.04. The lowest BCUT2D eigenvalue weighted by molar-refractivity contribution is 0.102. The van der Waals surface area contributed by atoms with Crippen molar-refractivity contribution in [2.24, 2.45) is 0 Å². The number of hydrogen-bond donors (Lipinski definition) is 2. The van der Waals surface area contributed by atoms with Crippen molar-refractivity contribution in [3.05, 3.63) is 71.2 Å². The first-order chi connectivity index (χ1) is 15.0. The molecule has 0 bridgehead atoms. The Labute approximate surface area is 187 Å². The minimum Gasteiger partial charge on any atom is -0.380 e. The van der Waals surface area contributed by atoms with Crippen molar-refractivity contribution < 1.29 is 9.53 Å². The molecular formula is C23H27N5O2S. The summed E-state index contributed by atoms with van der Waals surface area (Å²) in [6.45, 7) is 7.91. The lowest BCUT2D eigenvalue weighted by Gasteiger charge is -2.11. The molecule has 0 fully saturated rings. The van der Waals surface area contributed by atoms with Crippen LogP contribution in [0.5, 0.6) is 0 Å². The maximum absolute atomic E-state index is 12.9. The van der Waals surface area contributed by atoms with Crippen molar-refractivity contribution in [3.63, 3.8) is 0 Å². The molecule has 0 saturated carbocycles. The summed E-state index contributed by atoms with van der Waals surface area (Å²) in [5, 5.41) is 6.79. The maximum Gasteiger partial charge on any atom is 0.258 e. The van der Waals surface area contributed by atoms with Crippen molar-refractivity contribution in [1.29, 1.82) is 0 Å². The number of carbonyl (C=O) groups excluding carboxylic acids is 1. The fraction of sp³-hybridized carbons (Fsp3) is 0.304. The van der Waals surface area contributed by atoms with Crippen LogP contribution < -0.4 is 10.6 Å². The highest BCUT2D eigenvalue weighted by Crippen LogP contribution is 2.25. The zero-order chi connectivity index (χ0) is 22.1. The minimum atomic E-state index is -0.179. The van der Waals surface area contributed by atoms with Gasteiger partial charge in [0, 0.05) is 37.0 Å². The van der Waals surface area contributed by atoms with Crippen LogP contribution in [-0.2, 0) is 10.5 Å². The normalized spacial score (nSPS) is 10.7. The van der Waals surface area contributed by atoms with Crippen molar-refractivity contribution in [1.82, 2.24) is 15.0 Å². The summed E-state index contributed by atoms with van der Waals surface area (Å²) in [6.07, 6.45) is 3.41. The van der Waals surface area contributed by atoms with Gasteiger partial charge in [0.05, 0.1) is 17.9 Å². The number of hydrogen-bond acceptors (Lipinski definition) is 7. The third-order valence-corrected chi connectivity index (χ3v) is 5.34. The van der Waals surface area contributed by atoms with Crippen LogP contribution in [0.25, 0.3) is 0 Å². The number of nitrogens with one attached hydrogen (secondary N) is 2. The number of carbonyl (C=O) groups is 1. The van der Waals surface area contributed by atoms with E-state index in [9.17, 15) is 4.79 Å². The first-order valence-electron chi connectivity index (χ1n) is 10.2. The topological polar surface area (TPSA) is 89.0 Å². The fourth-order valence-corrected chi connectivity index (χ4v) is 3.90. The number of aryl methyl sites for hydroxylation is 2. The van der Waals surface area contributed by atoms with Crippen molar-refractivity contribution in [3.8, 4) is 0 Å². The molecule has 0 atom stereocenters. The van der Waals surface area contributed by atoms with Gasteiger partial charge in [0.25, 0.3) is 5.91 Å². The van der Waals surface area contributed by atoms with E-state index < -0.39 is 0 Å². The highest BCUT2D eigenvalue weighted by atomic mass is 32.2. The van der Waals surface area contributed by atoms with E-state index in [4.69, 9.17) is 4.74 Å². The van der Waals surface area contributed by atoms with Gasteiger partial charge in [-0.1, -0.05) is 17.8 Å². The summed E-state index contributed by atoms with van der Waals surface area (Å²) in [5.41, 5.74) is 4.37. The Hall–Kier alpha value is -2.97. The summed E-state index contributed by atoms with van der Waals surface area (Å²) in [6, 6.07) is 11.4. The lowest BCUT2D eigenvalue weighted by atomic mass is 10.1. The predicted molar refractivity (Wildman–Crippen MR) is 125 cm³/mol. The molecular weight excluding hydrogens is 410 g/mol. The largest absolute Gasteiger partial charge is 0.380 e. The van der Waals surface area contributed by atoms with E-state index in [1.807, 2.05) is 39.0 Å². The molecule has 2 N–H and O–H groups in total. The molecule has 1 aromatic carbocycles. The van der Waals surface area contributed by atoms with Crippen LogP contribution in [0.15, 0.2) is 53.8 Å². The molecule has 31 heavy (non-hydrogen) atoms. The standard InChI is InChI=1S/C23H27N5O2S/c1-4-30-11-10-26-23-25-9-7-18(28-23)15-31-22-20(6-5-8-24-22)21(29)27-19-13-16(2)12-17(3)14-19/h5-9,12-14H,4,10-11,15H2,1-3H3,(H,27,29)(H,25,26,28). The first-order valence-corrected chi connectivity index (χ1v) is 11.1. The van der Waals surface area contributed by atoms with Crippen LogP contribution in [0.1, 0.15) is 34.1 Å². The molecule has 0 aliphatic rings. The number of ether oxygens (including phenoxy) is 1. The minimum absolute atomic E-state index is 0.179. The number of benzene rings is 1. The van der Waals surface area contributed by atoms with Crippen molar-refractivity contribution in [2.45, 2.75) is 31.6 Å². The Kier molecular flexibility index (Phi) is 8.37. The van der Waals surface area contributed by atoms with Gasteiger partial charge < -0.3 is 15.4 Å². The quantitative estimate of drug-likeness (QED) is 0.357. The molecule has 1 amide bonds. The maximum atomic E-state index is 12.9. The van der Waals surface area contributed by atoms with Gasteiger partial charge in [-0.15, -0.1) is 0 Å². The van der Waals surface area contributed by atoms with Gasteiger partial charge in [-0.2, -0.15) is 0 Å². The van der Waals surface area contributed by atoms with Crippen LogP contribution in [-0.4, -0.2) is 40.6 Å². The van der Waals surface area contributed by atoms with E-state index in [2.05, 4.69) is 31.7 Å². The molecule has 0 aliphatic carbocycles. The SMILES string of the molecule is CCOCCNc1nccc(CSc2ncccc2C(=O)Nc2cc(C)cc(C)c2)n1. The van der Waals surface area contributed by atoms with Gasteiger partial charge in [0.1, 0.15) is 5.03 Å². The molecule has 0 aliphatic heterocycles. The molecule has 162 valence electrons. The van der Waals surface area contributed by atoms with Crippen molar-refractivity contribution in [2.75, 3.05) is 30.4 Å². The Bertz CT molecular complexity index is 1010. The van der Waals surface area contributed by atoms with E-state index in [1.165, 1.54) is 11.8 Å². The van der Waals surface area contributed by atoms with Gasteiger partial charge in [-0.05, 0) is 62.2 Å². The second kappa shape index (κ2) is 11.4. The summed E-state index contributed by atoms with van der Waals surface area (Å²) >= 11 is 1.47. The highest BCUT2D eigenvalue weighted by molar-refractivity contribution is 7.98. The number of nitrogens with zero attached hydrogens (tertiary/aromatic N) is 3. The Balaban J connectivity index is 1.65. The van der Waals surface area contributed by atoms with Crippen LogP contribution in [0.2, 0.25) is 0 Å². The zero-order valence-corrected chi connectivity index (χ0v) is 18.8. The number of aromatic nitrogens is 3. The molecule has 0 radical (unpaired) electrons. The Morgan fingerprint density at radius 2 is 1.90 bits per heavy atom. The summed E-state index contributed by atoms with van der Waals surface area (Å²) in [5.74, 6) is 0.955. The monoisotopic (exact) mass is 437 g/mol. The van der Waals surface area contributed by atoms with Crippen LogP contribution >= 0.6 is 11.8 Å². The molecule has 0 saturated heterocycles. The Morgan fingerprint density at radius 3 is 2.68 bits per heavy atom. The molecule has 3 rings (SSSR count). The number of amides is 1. The average molecular weight is 438 g/mol. The Morgan fingerprint density at radius 1 is 1.10 bits per heavy atom. The summed E-state index contributed by atoms with van der Waals surface area (Å²) < 4.78 is 5.31. The zero-order valence-electron chi connectivity index (χ0n) is 18.0. The fourth-order valence-electron chi connectivity index (χ4n) is 3.01. The summed E-state index contributed by atoms with van der Waals surface area (Å²) in [4.78, 5) is 26.0. The smallest absolute Gasteiger partial charge is 0.258 e. The molecule has 2 aromatic heterocycles. The van der Waals surface area contributed by atoms with Crippen LogP contribution in [0.3, 0.4) is 0 Å². The number of pyridine rings is 1. The van der Waals surface area contributed by atoms with E-state index in [1.54, 1.807) is 24.5 Å². The molecule has 0 unspecified atom stereocenters. The lowest BCUT2D eigenvalue weighted by Crippen LogP contribution is -2.14. The second-order valence-corrected chi connectivity index (χ2v) is 7.93. The van der Waals surface area contributed by atoms with E-state index in [0.717, 1.165) is 22.5 Å². The third-order valence-electron chi connectivity index (χ3n) is 4.30. The number of rotatable bonds is 10. The van der Waals surface area contributed by atoms with Crippen molar-refractivity contribution >= 4 is 29.3 Å². The van der Waals surface area contributed by atoms with Gasteiger partial charge in [0.2, 0.25) is 5.95 Å². The van der Waals surface area contributed by atoms with Gasteiger partial charge in [-0.3, -0.25) is 4.79 Å². The molecule has 0 spiro atoms.